The van der Waals surface area contributed by atoms with E-state index in [0.29, 0.717) is 0 Å². The van der Waals surface area contributed by atoms with E-state index in [-0.39, 0.29) is 0 Å². The molecule has 160 valence electrons. The first-order chi connectivity index (χ1) is 13.2. The van der Waals surface area contributed by atoms with Crippen LogP contribution in [0.1, 0.15) is 84.0 Å². The van der Waals surface area contributed by atoms with E-state index in [4.69, 9.17) is 14.8 Å². The van der Waals surface area contributed by atoms with Crippen LogP contribution in [0.3, 0.4) is 0 Å². The van der Waals surface area contributed by atoms with Gasteiger partial charge in [0.05, 0.1) is 6.42 Å². The van der Waals surface area contributed by atoms with Crippen LogP contribution in [0.4, 0.5) is 0 Å². The van der Waals surface area contributed by atoms with Crippen LogP contribution in [-0.2, 0) is 19.7 Å². The van der Waals surface area contributed by atoms with Gasteiger partial charge < -0.3 is 10.2 Å². The maximum absolute atomic E-state index is 10.2. The summed E-state index contributed by atoms with van der Waals surface area (Å²) in [6.07, 6.45) is 19.3. The van der Waals surface area contributed by atoms with Crippen molar-refractivity contribution in [2.75, 3.05) is 0 Å². The third-order valence-electron chi connectivity index (χ3n) is 4.12. The van der Waals surface area contributed by atoms with Gasteiger partial charge in [-0.2, -0.15) is 8.42 Å². The van der Waals surface area contributed by atoms with Gasteiger partial charge in [-0.05, 0) is 0 Å². The zero-order valence-electron chi connectivity index (χ0n) is 17.3. The normalized spacial score (nSPS) is 12.4. The van der Waals surface area contributed by atoms with E-state index in [0.717, 1.165) is 0 Å². The smallest absolute Gasteiger partial charge is 0.325 e. The van der Waals surface area contributed by atoms with Crippen LogP contribution in [0.15, 0.2) is 12.2 Å². The Morgan fingerprint density at radius 3 is 1.68 bits per heavy atom. The standard InChI is InChI=1S/C15H29.C4H6O7S.Na/c1-3-5-7-9-11-13-15-14-12-10-8-6-4-2;5-3(6)1-2(4(7)8)12(9,10)11;/h3,5H,1,4,6-15H2,2H3;2H,1H2,(H,5,6)(H,7,8)(H,9,10,11);. The second-order valence-corrected chi connectivity index (χ2v) is 9.21. The average Bonchev–Trinajstić information content (AvgIpc) is 2.60. The molecule has 0 fully saturated rings. The Balaban J connectivity index is 0. The van der Waals surface area contributed by atoms with Crippen molar-refractivity contribution in [1.82, 2.24) is 0 Å². The summed E-state index contributed by atoms with van der Waals surface area (Å²) >= 11 is 1.32. The summed E-state index contributed by atoms with van der Waals surface area (Å²) in [7, 11) is -4.84. The van der Waals surface area contributed by atoms with Gasteiger partial charge in [0, 0.05) is 0 Å². The maximum atomic E-state index is 10.2. The molecule has 1 unspecified atom stereocenters. The Labute approximate surface area is 187 Å². The molecule has 0 aliphatic rings. The fourth-order valence-corrected chi connectivity index (χ4v) is 3.45. The molecule has 0 aromatic heterocycles. The van der Waals surface area contributed by atoms with Gasteiger partial charge in [0.2, 0.25) is 0 Å². The molecule has 0 aromatic rings. The number of carboxylic acids is 2. The van der Waals surface area contributed by atoms with Crippen LogP contribution in [-0.4, -0.2) is 68.3 Å². The fraction of sp³-hybridized carbons (Fsp3) is 0.789. The van der Waals surface area contributed by atoms with Crippen molar-refractivity contribution in [2.24, 2.45) is 0 Å². The minimum atomic E-state index is -4.84. The van der Waals surface area contributed by atoms with Crippen LogP contribution in [0, 0.1) is 0 Å². The molecule has 0 bridgehead atoms. The summed E-state index contributed by atoms with van der Waals surface area (Å²) in [4.78, 5) is 20.0. The number of rotatable bonds is 16. The van der Waals surface area contributed by atoms with Gasteiger partial charge in [-0.25, -0.2) is 0 Å². The SMILES string of the molecule is CCCCCCCCCCCCC=C[CH2][Na].O=C(O)CC(C(=O)O)S(=O)(=O)O. The molecule has 0 spiro atoms. The van der Waals surface area contributed by atoms with Gasteiger partial charge in [0.15, 0.2) is 5.25 Å². The molecule has 3 N–H and O–H groups in total. The van der Waals surface area contributed by atoms with Crippen molar-refractivity contribution in [3.8, 4) is 0 Å². The van der Waals surface area contributed by atoms with Crippen molar-refractivity contribution in [3.63, 3.8) is 0 Å². The monoisotopic (exact) mass is 430 g/mol. The molecule has 0 radical (unpaired) electrons. The Morgan fingerprint density at radius 1 is 0.893 bits per heavy atom. The van der Waals surface area contributed by atoms with Gasteiger partial charge in [-0.15, -0.1) is 0 Å². The molecular formula is C19H35NaO7S. The van der Waals surface area contributed by atoms with Crippen molar-refractivity contribution < 1.29 is 32.8 Å². The number of carbonyl (C=O) groups is 2. The number of hydrogen-bond acceptors (Lipinski definition) is 4. The molecule has 0 aliphatic carbocycles. The van der Waals surface area contributed by atoms with Crippen LogP contribution >= 0.6 is 0 Å². The maximum Gasteiger partial charge on any atom is 0.325 e. The van der Waals surface area contributed by atoms with Crippen molar-refractivity contribution in [1.29, 1.82) is 0 Å². The fourth-order valence-electron chi connectivity index (χ4n) is 2.51. The van der Waals surface area contributed by atoms with E-state index in [1.54, 1.807) is 0 Å². The summed E-state index contributed by atoms with van der Waals surface area (Å²) in [6.45, 7) is 2.29. The molecule has 9 heteroatoms. The van der Waals surface area contributed by atoms with Crippen molar-refractivity contribution >= 4 is 50.0 Å². The van der Waals surface area contributed by atoms with E-state index in [9.17, 15) is 18.0 Å². The summed E-state index contributed by atoms with van der Waals surface area (Å²) in [5.74, 6) is -3.50. The largest absolute Gasteiger partial charge is 0.481 e. The first-order valence-corrected chi connectivity index (χ1v) is 13.1. The second kappa shape index (κ2) is 19.9. The molecule has 28 heavy (non-hydrogen) atoms. The number of aliphatic carboxylic acids is 2. The Morgan fingerprint density at radius 2 is 1.36 bits per heavy atom. The number of carboxylic acid groups (broad SMARTS) is 2. The summed E-state index contributed by atoms with van der Waals surface area (Å²) in [5.41, 5.74) is 0. The van der Waals surface area contributed by atoms with Gasteiger partial charge in [0.25, 0.3) is 10.1 Å². The minimum absolute atomic E-state index is 1.16. The van der Waals surface area contributed by atoms with E-state index < -0.39 is 33.7 Å². The van der Waals surface area contributed by atoms with Crippen LogP contribution < -0.4 is 0 Å². The number of hydrogen-bond donors (Lipinski definition) is 3. The quantitative estimate of drug-likeness (QED) is 0.144. The molecule has 0 aliphatic heterocycles. The van der Waals surface area contributed by atoms with Crippen molar-refractivity contribution in [3.05, 3.63) is 12.2 Å². The zero-order chi connectivity index (χ0) is 21.8. The van der Waals surface area contributed by atoms with Gasteiger partial charge in [-0.1, -0.05) is 19.8 Å². The summed E-state index contributed by atoms with van der Waals surface area (Å²) in [6, 6.07) is 0. The molecule has 0 rings (SSSR count). The third kappa shape index (κ3) is 21.9. The molecule has 0 aromatic carbocycles. The molecule has 1 atom stereocenters. The second-order valence-electron chi connectivity index (χ2n) is 6.79. The average molecular weight is 431 g/mol. The number of allylic oxidation sites excluding steroid dienone is 2. The van der Waals surface area contributed by atoms with Crippen LogP contribution in [0.5, 0.6) is 0 Å². The predicted molar refractivity (Wildman–Crippen MR) is 111 cm³/mol. The molecule has 0 amide bonds. The first kappa shape index (κ1) is 29.8. The Hall–Kier alpha value is -0.410. The minimum Gasteiger partial charge on any atom is -0.481 e. The van der Waals surface area contributed by atoms with Crippen molar-refractivity contribution in [2.45, 2.75) is 92.9 Å². The summed E-state index contributed by atoms with van der Waals surface area (Å²) < 4.78 is 30.0. The van der Waals surface area contributed by atoms with Gasteiger partial charge in [0.1, 0.15) is 0 Å². The zero-order valence-corrected chi connectivity index (χ0v) is 20.1. The van der Waals surface area contributed by atoms with Crippen LogP contribution in [0.2, 0.25) is 3.67 Å². The third-order valence-corrected chi connectivity index (χ3v) is 5.68. The topological polar surface area (TPSA) is 129 Å². The van der Waals surface area contributed by atoms with Gasteiger partial charge in [-0.3, -0.25) is 14.1 Å². The van der Waals surface area contributed by atoms with Gasteiger partial charge >= 0.3 is 113 Å². The van der Waals surface area contributed by atoms with E-state index >= 15 is 0 Å². The molecule has 0 saturated carbocycles. The first-order valence-electron chi connectivity index (χ1n) is 10.2. The molecule has 0 saturated heterocycles. The van der Waals surface area contributed by atoms with E-state index in [1.807, 2.05) is 0 Å². The van der Waals surface area contributed by atoms with Crippen LogP contribution in [0.25, 0.3) is 0 Å². The molecular weight excluding hydrogens is 395 g/mol. The number of unbranched alkanes of at least 4 members (excludes halogenated alkanes) is 10. The van der Waals surface area contributed by atoms with E-state index in [2.05, 4.69) is 19.1 Å². The molecule has 7 nitrogen and oxygen atoms in total. The molecule has 0 heterocycles. The van der Waals surface area contributed by atoms with E-state index in [1.165, 1.54) is 102 Å². The predicted octanol–water partition coefficient (Wildman–Crippen LogP) is 4.24. The Bertz CT molecular complexity index is 532. The Kier molecular flexibility index (Phi) is 21.2. The summed E-state index contributed by atoms with van der Waals surface area (Å²) in [5, 5.41) is 13.9.